The second-order valence-electron chi connectivity index (χ2n) is 6.72. The second kappa shape index (κ2) is 9.97. The molecule has 26 heavy (non-hydrogen) atoms. The van der Waals surface area contributed by atoms with Crippen LogP contribution in [-0.2, 0) is 14.8 Å². The van der Waals surface area contributed by atoms with Crippen molar-refractivity contribution in [3.8, 4) is 0 Å². The zero-order chi connectivity index (χ0) is 19.0. The first kappa shape index (κ1) is 20.8. The van der Waals surface area contributed by atoms with Gasteiger partial charge < -0.3 is 5.32 Å². The maximum Gasteiger partial charge on any atom is 0.240 e. The Kier molecular flexibility index (Phi) is 7.96. The van der Waals surface area contributed by atoms with Gasteiger partial charge in [-0.1, -0.05) is 32.1 Å². The van der Waals surface area contributed by atoms with E-state index >= 15 is 0 Å². The van der Waals surface area contributed by atoms with Crippen LogP contribution in [0.5, 0.6) is 0 Å². The molecule has 5 nitrogen and oxygen atoms in total. The number of hydrogen-bond donors (Lipinski definition) is 2. The SMILES string of the molecule is O=C(CCNS(=O)(=O)c1ccc(F)c(F)c1)NCCCC1CCCCC1. The molecular weight excluding hydrogens is 362 g/mol. The average Bonchev–Trinajstić information content (AvgIpc) is 2.62. The standard InChI is InChI=1S/C18H26F2N2O3S/c19-16-9-8-15(13-17(16)20)26(24,25)22-12-10-18(23)21-11-4-7-14-5-2-1-3-6-14/h8-9,13-14,22H,1-7,10-12H2,(H,21,23). The number of carbonyl (C=O) groups excluding carboxylic acids is 1. The minimum Gasteiger partial charge on any atom is -0.356 e. The molecular formula is C18H26F2N2O3S. The van der Waals surface area contributed by atoms with Gasteiger partial charge in [0.2, 0.25) is 15.9 Å². The summed E-state index contributed by atoms with van der Waals surface area (Å²) in [6.45, 7) is 0.487. The van der Waals surface area contributed by atoms with E-state index in [0.29, 0.717) is 12.6 Å². The highest BCUT2D eigenvalue weighted by Crippen LogP contribution is 2.26. The van der Waals surface area contributed by atoms with Crippen LogP contribution in [0.25, 0.3) is 0 Å². The summed E-state index contributed by atoms with van der Waals surface area (Å²) in [5, 5.41) is 2.78. The van der Waals surface area contributed by atoms with Crippen LogP contribution >= 0.6 is 0 Å². The van der Waals surface area contributed by atoms with Crippen molar-refractivity contribution in [1.82, 2.24) is 10.0 Å². The molecule has 1 aliphatic carbocycles. The van der Waals surface area contributed by atoms with Gasteiger partial charge in [-0.2, -0.15) is 0 Å². The van der Waals surface area contributed by atoms with Crippen LogP contribution in [0.2, 0.25) is 0 Å². The van der Waals surface area contributed by atoms with Gasteiger partial charge in [0, 0.05) is 19.5 Å². The fourth-order valence-corrected chi connectivity index (χ4v) is 4.25. The number of rotatable bonds is 9. The molecule has 0 aliphatic heterocycles. The lowest BCUT2D eigenvalue weighted by molar-refractivity contribution is -0.120. The summed E-state index contributed by atoms with van der Waals surface area (Å²) in [6.07, 6.45) is 8.52. The summed E-state index contributed by atoms with van der Waals surface area (Å²) < 4.78 is 52.2. The van der Waals surface area contributed by atoms with Crippen LogP contribution < -0.4 is 10.0 Å². The summed E-state index contributed by atoms with van der Waals surface area (Å²) in [4.78, 5) is 11.4. The molecule has 0 unspecified atom stereocenters. The molecule has 2 N–H and O–H groups in total. The minimum atomic E-state index is -3.97. The zero-order valence-electron chi connectivity index (χ0n) is 14.8. The van der Waals surface area contributed by atoms with Crippen molar-refractivity contribution in [3.63, 3.8) is 0 Å². The Hall–Kier alpha value is -1.54. The third-order valence-corrected chi connectivity index (χ3v) is 6.14. The van der Waals surface area contributed by atoms with Crippen molar-refractivity contribution in [2.24, 2.45) is 5.92 Å². The molecule has 1 amide bonds. The van der Waals surface area contributed by atoms with Gasteiger partial charge in [-0.15, -0.1) is 0 Å². The van der Waals surface area contributed by atoms with Gasteiger partial charge in [-0.05, 0) is 37.0 Å². The number of amides is 1. The summed E-state index contributed by atoms with van der Waals surface area (Å²) in [7, 11) is -3.97. The first-order valence-electron chi connectivity index (χ1n) is 9.10. The van der Waals surface area contributed by atoms with Crippen molar-refractivity contribution >= 4 is 15.9 Å². The van der Waals surface area contributed by atoms with Gasteiger partial charge in [-0.25, -0.2) is 21.9 Å². The fourth-order valence-electron chi connectivity index (χ4n) is 3.21. The molecule has 1 aromatic carbocycles. The van der Waals surface area contributed by atoms with Crippen molar-refractivity contribution in [2.45, 2.75) is 56.3 Å². The van der Waals surface area contributed by atoms with Crippen molar-refractivity contribution in [3.05, 3.63) is 29.8 Å². The Bertz CT molecular complexity index is 704. The maximum atomic E-state index is 13.1. The van der Waals surface area contributed by atoms with Crippen molar-refractivity contribution < 1.29 is 22.0 Å². The first-order chi connectivity index (χ1) is 12.4. The number of carbonyl (C=O) groups is 1. The highest BCUT2D eigenvalue weighted by Gasteiger charge is 2.17. The van der Waals surface area contributed by atoms with E-state index in [9.17, 15) is 22.0 Å². The van der Waals surface area contributed by atoms with Gasteiger partial charge in [0.15, 0.2) is 11.6 Å². The van der Waals surface area contributed by atoms with Gasteiger partial charge >= 0.3 is 0 Å². The highest BCUT2D eigenvalue weighted by atomic mass is 32.2. The molecule has 1 fully saturated rings. The summed E-state index contributed by atoms with van der Waals surface area (Å²) in [5.41, 5.74) is 0. The molecule has 0 atom stereocenters. The van der Waals surface area contributed by atoms with E-state index in [4.69, 9.17) is 0 Å². The topological polar surface area (TPSA) is 75.3 Å². The van der Waals surface area contributed by atoms with Gasteiger partial charge in [0.25, 0.3) is 0 Å². The normalized spacial score (nSPS) is 15.8. The first-order valence-corrected chi connectivity index (χ1v) is 10.6. The summed E-state index contributed by atoms with van der Waals surface area (Å²) >= 11 is 0. The lowest BCUT2D eigenvalue weighted by Gasteiger charge is -2.21. The smallest absolute Gasteiger partial charge is 0.240 e. The molecule has 0 spiro atoms. The third kappa shape index (κ3) is 6.64. The minimum absolute atomic E-state index is 0.00760. The highest BCUT2D eigenvalue weighted by molar-refractivity contribution is 7.89. The van der Waals surface area contributed by atoms with E-state index in [-0.39, 0.29) is 23.8 Å². The molecule has 0 bridgehead atoms. The molecule has 8 heteroatoms. The molecule has 0 radical (unpaired) electrons. The lowest BCUT2D eigenvalue weighted by Crippen LogP contribution is -2.31. The third-order valence-electron chi connectivity index (χ3n) is 4.68. The van der Waals surface area contributed by atoms with Crippen LogP contribution in [0.15, 0.2) is 23.1 Å². The Morgan fingerprint density at radius 3 is 2.50 bits per heavy atom. The molecule has 2 rings (SSSR count). The Balaban J connectivity index is 1.64. The number of nitrogens with one attached hydrogen (secondary N) is 2. The van der Waals surface area contributed by atoms with E-state index in [2.05, 4.69) is 10.0 Å². The number of benzene rings is 1. The molecule has 1 aliphatic rings. The van der Waals surface area contributed by atoms with Gasteiger partial charge in [0.1, 0.15) is 0 Å². The van der Waals surface area contributed by atoms with E-state index in [1.54, 1.807) is 0 Å². The quantitative estimate of drug-likeness (QED) is 0.638. The Labute approximate surface area is 153 Å². The van der Waals surface area contributed by atoms with Crippen LogP contribution in [0.1, 0.15) is 51.4 Å². The monoisotopic (exact) mass is 388 g/mol. The molecule has 1 saturated carbocycles. The molecule has 146 valence electrons. The van der Waals surface area contributed by atoms with E-state index in [1.807, 2.05) is 0 Å². The van der Waals surface area contributed by atoms with Gasteiger partial charge in [0.05, 0.1) is 4.90 Å². The fraction of sp³-hybridized carbons (Fsp3) is 0.611. The predicted octanol–water partition coefficient (Wildman–Crippen LogP) is 3.11. The van der Waals surface area contributed by atoms with Crippen LogP contribution in [0.3, 0.4) is 0 Å². The molecule has 0 heterocycles. The second-order valence-corrected chi connectivity index (χ2v) is 8.49. The summed E-state index contributed by atoms with van der Waals surface area (Å²) in [5.74, 6) is -1.81. The van der Waals surface area contributed by atoms with E-state index < -0.39 is 21.7 Å². The Morgan fingerprint density at radius 1 is 1.08 bits per heavy atom. The van der Waals surface area contributed by atoms with Crippen LogP contribution in [0.4, 0.5) is 8.78 Å². The Morgan fingerprint density at radius 2 is 1.81 bits per heavy atom. The number of hydrogen-bond acceptors (Lipinski definition) is 3. The number of halogens is 2. The summed E-state index contributed by atoms with van der Waals surface area (Å²) in [6, 6.07) is 2.35. The maximum absolute atomic E-state index is 13.1. The lowest BCUT2D eigenvalue weighted by atomic mass is 9.86. The zero-order valence-corrected chi connectivity index (χ0v) is 15.6. The van der Waals surface area contributed by atoms with E-state index in [1.165, 1.54) is 32.1 Å². The number of sulfonamides is 1. The largest absolute Gasteiger partial charge is 0.356 e. The predicted molar refractivity (Wildman–Crippen MR) is 95.0 cm³/mol. The molecule has 0 saturated heterocycles. The molecule has 0 aromatic heterocycles. The van der Waals surface area contributed by atoms with Crippen LogP contribution in [-0.4, -0.2) is 27.4 Å². The van der Waals surface area contributed by atoms with Crippen molar-refractivity contribution in [1.29, 1.82) is 0 Å². The van der Waals surface area contributed by atoms with E-state index in [0.717, 1.165) is 30.9 Å². The molecule has 1 aromatic rings. The van der Waals surface area contributed by atoms with Crippen LogP contribution in [0, 0.1) is 17.6 Å². The van der Waals surface area contributed by atoms with Gasteiger partial charge in [-0.3, -0.25) is 4.79 Å². The average molecular weight is 388 g/mol. The van der Waals surface area contributed by atoms with Crippen molar-refractivity contribution in [2.75, 3.05) is 13.1 Å².